The van der Waals surface area contributed by atoms with Crippen molar-refractivity contribution in [2.75, 3.05) is 32.2 Å². The van der Waals surface area contributed by atoms with Gasteiger partial charge in [0.05, 0.1) is 24.7 Å². The van der Waals surface area contributed by atoms with Crippen LogP contribution in [0.15, 0.2) is 46.9 Å². The van der Waals surface area contributed by atoms with Crippen molar-refractivity contribution in [1.29, 1.82) is 0 Å². The Morgan fingerprint density at radius 1 is 1.08 bits per heavy atom. The fraction of sp³-hybridized carbons (Fsp3) is 0.316. The van der Waals surface area contributed by atoms with E-state index in [1.807, 2.05) is 54.3 Å². The van der Waals surface area contributed by atoms with Gasteiger partial charge in [-0.2, -0.15) is 0 Å². The molecule has 3 rings (SSSR count). The van der Waals surface area contributed by atoms with Gasteiger partial charge in [0.1, 0.15) is 11.5 Å². The second kappa shape index (κ2) is 7.35. The normalized spacial score (nSPS) is 15.4. The SMILES string of the molecule is COc1cccc(C(C)N2CCN(c3ccc(Br)c(OC)c3)C2=O)c1. The maximum absolute atomic E-state index is 12.9. The summed E-state index contributed by atoms with van der Waals surface area (Å²) in [6.07, 6.45) is 0. The van der Waals surface area contributed by atoms with Gasteiger partial charge in [-0.05, 0) is 52.7 Å². The molecule has 1 saturated heterocycles. The number of carbonyl (C=O) groups is 1. The van der Waals surface area contributed by atoms with E-state index in [4.69, 9.17) is 9.47 Å². The summed E-state index contributed by atoms with van der Waals surface area (Å²) in [7, 11) is 3.26. The summed E-state index contributed by atoms with van der Waals surface area (Å²) in [4.78, 5) is 16.6. The van der Waals surface area contributed by atoms with Gasteiger partial charge in [-0.1, -0.05) is 12.1 Å². The lowest BCUT2D eigenvalue weighted by Crippen LogP contribution is -2.33. The van der Waals surface area contributed by atoms with E-state index in [9.17, 15) is 4.79 Å². The van der Waals surface area contributed by atoms with Gasteiger partial charge < -0.3 is 14.4 Å². The average Bonchev–Trinajstić information content (AvgIpc) is 3.03. The Balaban J connectivity index is 1.81. The molecule has 0 bridgehead atoms. The number of methoxy groups -OCH3 is 2. The molecule has 0 N–H and O–H groups in total. The number of carbonyl (C=O) groups excluding carboxylic acids is 1. The molecule has 25 heavy (non-hydrogen) atoms. The fourth-order valence-corrected chi connectivity index (χ4v) is 3.46. The molecule has 132 valence electrons. The quantitative estimate of drug-likeness (QED) is 0.737. The largest absolute Gasteiger partial charge is 0.497 e. The summed E-state index contributed by atoms with van der Waals surface area (Å²) >= 11 is 3.44. The van der Waals surface area contributed by atoms with Gasteiger partial charge >= 0.3 is 6.03 Å². The second-order valence-corrected chi connectivity index (χ2v) is 6.75. The van der Waals surface area contributed by atoms with Gasteiger partial charge in [0.15, 0.2) is 0 Å². The fourth-order valence-electron chi connectivity index (χ4n) is 3.05. The minimum atomic E-state index is -0.0232. The Morgan fingerprint density at radius 3 is 2.60 bits per heavy atom. The second-order valence-electron chi connectivity index (χ2n) is 5.90. The highest BCUT2D eigenvalue weighted by Gasteiger charge is 2.33. The lowest BCUT2D eigenvalue weighted by Gasteiger charge is -2.25. The standard InChI is InChI=1S/C19H21BrN2O3/c1-13(14-5-4-6-16(11-14)24-2)21-9-10-22(19(21)23)15-7-8-17(20)18(12-15)25-3/h4-8,11-13H,9-10H2,1-3H3. The first-order chi connectivity index (χ1) is 12.0. The van der Waals surface area contributed by atoms with Crippen molar-refractivity contribution in [2.45, 2.75) is 13.0 Å². The number of hydrogen-bond donors (Lipinski definition) is 0. The Kier molecular flexibility index (Phi) is 5.18. The van der Waals surface area contributed by atoms with E-state index in [0.717, 1.165) is 21.5 Å². The number of nitrogens with zero attached hydrogens (tertiary/aromatic N) is 2. The van der Waals surface area contributed by atoms with Crippen LogP contribution < -0.4 is 14.4 Å². The van der Waals surface area contributed by atoms with Crippen LogP contribution >= 0.6 is 15.9 Å². The molecule has 2 aromatic carbocycles. The van der Waals surface area contributed by atoms with Crippen molar-refractivity contribution in [1.82, 2.24) is 4.90 Å². The van der Waals surface area contributed by atoms with Crippen LogP contribution in [0.1, 0.15) is 18.5 Å². The van der Waals surface area contributed by atoms with Gasteiger partial charge in [0.25, 0.3) is 0 Å². The molecule has 1 atom stereocenters. The monoisotopic (exact) mass is 404 g/mol. The van der Waals surface area contributed by atoms with E-state index < -0.39 is 0 Å². The van der Waals surface area contributed by atoms with E-state index in [1.165, 1.54) is 0 Å². The molecule has 1 heterocycles. The first kappa shape index (κ1) is 17.6. The van der Waals surface area contributed by atoms with Crippen molar-refractivity contribution in [3.63, 3.8) is 0 Å². The Hall–Kier alpha value is -2.21. The van der Waals surface area contributed by atoms with Crippen molar-refractivity contribution < 1.29 is 14.3 Å². The number of urea groups is 1. The molecule has 0 radical (unpaired) electrons. The van der Waals surface area contributed by atoms with Crippen molar-refractivity contribution in [3.8, 4) is 11.5 Å². The van der Waals surface area contributed by atoms with Crippen LogP contribution in [0, 0.1) is 0 Å². The summed E-state index contributed by atoms with van der Waals surface area (Å²) < 4.78 is 11.5. The Labute approximate surface area is 156 Å². The van der Waals surface area contributed by atoms with E-state index in [2.05, 4.69) is 15.9 Å². The number of halogens is 1. The highest BCUT2D eigenvalue weighted by atomic mass is 79.9. The summed E-state index contributed by atoms with van der Waals surface area (Å²) in [5, 5.41) is 0. The first-order valence-corrected chi connectivity index (χ1v) is 8.90. The molecular formula is C19H21BrN2O3. The molecule has 5 nitrogen and oxygen atoms in total. The van der Waals surface area contributed by atoms with Crippen molar-refractivity contribution >= 4 is 27.6 Å². The summed E-state index contributed by atoms with van der Waals surface area (Å²) in [6.45, 7) is 3.37. The Bertz CT molecular complexity index is 781. The van der Waals surface area contributed by atoms with Crippen LogP contribution in [0.5, 0.6) is 11.5 Å². The molecule has 1 fully saturated rings. The van der Waals surface area contributed by atoms with Crippen molar-refractivity contribution in [2.24, 2.45) is 0 Å². The van der Waals surface area contributed by atoms with Gasteiger partial charge in [-0.25, -0.2) is 4.79 Å². The third kappa shape index (κ3) is 3.44. The topological polar surface area (TPSA) is 42.0 Å². The maximum atomic E-state index is 12.9. The van der Waals surface area contributed by atoms with Crippen LogP contribution in [0.4, 0.5) is 10.5 Å². The lowest BCUT2D eigenvalue weighted by atomic mass is 10.1. The van der Waals surface area contributed by atoms with Gasteiger partial charge in [-0.15, -0.1) is 0 Å². The average molecular weight is 405 g/mol. The predicted octanol–water partition coefficient (Wildman–Crippen LogP) is 4.47. The highest BCUT2D eigenvalue weighted by molar-refractivity contribution is 9.10. The first-order valence-electron chi connectivity index (χ1n) is 8.10. The van der Waals surface area contributed by atoms with E-state index in [-0.39, 0.29) is 12.1 Å². The molecule has 0 saturated carbocycles. The third-order valence-corrected chi connectivity index (χ3v) is 5.19. The van der Waals surface area contributed by atoms with Gasteiger partial charge in [0.2, 0.25) is 0 Å². The Morgan fingerprint density at radius 2 is 1.88 bits per heavy atom. The van der Waals surface area contributed by atoms with Gasteiger partial charge in [0, 0.05) is 24.8 Å². The maximum Gasteiger partial charge on any atom is 0.325 e. The number of ether oxygens (including phenoxy) is 2. The number of hydrogen-bond acceptors (Lipinski definition) is 3. The zero-order chi connectivity index (χ0) is 18.0. The van der Waals surface area contributed by atoms with Crippen LogP contribution in [-0.4, -0.2) is 38.2 Å². The summed E-state index contributed by atoms with van der Waals surface area (Å²) in [6, 6.07) is 13.5. The highest BCUT2D eigenvalue weighted by Crippen LogP contribution is 2.33. The predicted molar refractivity (Wildman–Crippen MR) is 102 cm³/mol. The van der Waals surface area contributed by atoms with E-state index >= 15 is 0 Å². The van der Waals surface area contributed by atoms with Gasteiger partial charge in [-0.3, -0.25) is 4.90 Å². The van der Waals surface area contributed by atoms with Crippen LogP contribution in [0.25, 0.3) is 0 Å². The molecule has 0 aromatic heterocycles. The summed E-state index contributed by atoms with van der Waals surface area (Å²) in [5.74, 6) is 1.51. The number of amides is 2. The minimum Gasteiger partial charge on any atom is -0.497 e. The third-order valence-electron chi connectivity index (χ3n) is 4.53. The minimum absolute atomic E-state index is 0.000282. The van der Waals surface area contributed by atoms with Crippen LogP contribution in [0.2, 0.25) is 0 Å². The summed E-state index contributed by atoms with van der Waals surface area (Å²) in [5.41, 5.74) is 1.90. The molecule has 0 aliphatic carbocycles. The molecule has 2 aromatic rings. The molecule has 2 amide bonds. The van der Waals surface area contributed by atoms with E-state index in [1.54, 1.807) is 19.1 Å². The number of benzene rings is 2. The number of anilines is 1. The zero-order valence-electron chi connectivity index (χ0n) is 14.5. The smallest absolute Gasteiger partial charge is 0.325 e. The van der Waals surface area contributed by atoms with Crippen molar-refractivity contribution in [3.05, 3.63) is 52.5 Å². The molecule has 0 spiro atoms. The molecular weight excluding hydrogens is 384 g/mol. The zero-order valence-corrected chi connectivity index (χ0v) is 16.1. The number of rotatable bonds is 5. The van der Waals surface area contributed by atoms with E-state index in [0.29, 0.717) is 18.8 Å². The molecule has 6 heteroatoms. The van der Waals surface area contributed by atoms with Crippen LogP contribution in [-0.2, 0) is 0 Å². The molecule has 1 unspecified atom stereocenters. The lowest BCUT2D eigenvalue weighted by molar-refractivity contribution is 0.205. The molecule has 1 aliphatic heterocycles. The molecule has 1 aliphatic rings. The van der Waals surface area contributed by atoms with Crippen LogP contribution in [0.3, 0.4) is 0 Å².